The summed E-state index contributed by atoms with van der Waals surface area (Å²) in [5.74, 6) is 0. The summed E-state index contributed by atoms with van der Waals surface area (Å²) in [5.41, 5.74) is 2.14. The summed E-state index contributed by atoms with van der Waals surface area (Å²) in [7, 11) is 1.77. The number of nitrogens with zero attached hydrogens (tertiary/aromatic N) is 1. The van der Waals surface area contributed by atoms with Crippen LogP contribution in [-0.2, 0) is 4.74 Å². The van der Waals surface area contributed by atoms with Gasteiger partial charge in [0, 0.05) is 7.05 Å². The maximum absolute atomic E-state index is 11.6. The number of hydrogen-bond acceptors (Lipinski definition) is 4. The van der Waals surface area contributed by atoms with Crippen LogP contribution >= 0.6 is 0 Å². The van der Waals surface area contributed by atoms with E-state index in [9.17, 15) is 9.90 Å². The van der Waals surface area contributed by atoms with E-state index in [1.54, 1.807) is 12.1 Å². The lowest BCUT2D eigenvalue weighted by atomic mass is 9.92. The van der Waals surface area contributed by atoms with Crippen LogP contribution in [0.25, 0.3) is 0 Å². The fourth-order valence-electron chi connectivity index (χ4n) is 2.07. The maximum Gasteiger partial charge on any atom is 0.422 e. The Hall–Kier alpha value is -0.810. The van der Waals surface area contributed by atoms with Gasteiger partial charge in [-0.2, -0.15) is 0 Å². The highest BCUT2D eigenvalue weighted by Crippen LogP contribution is 2.21. The zero-order valence-corrected chi connectivity index (χ0v) is 11.2. The normalized spacial score (nSPS) is 25.8. The predicted octanol–water partition coefficient (Wildman–Crippen LogP) is 1.66. The Morgan fingerprint density at radius 3 is 2.47 bits per heavy atom. The first-order chi connectivity index (χ1) is 7.79. The second kappa shape index (κ2) is 5.69. The van der Waals surface area contributed by atoms with Crippen molar-refractivity contribution in [3.63, 3.8) is 0 Å². The third-order valence-electron chi connectivity index (χ3n) is 2.86. The van der Waals surface area contributed by atoms with Gasteiger partial charge in [-0.25, -0.2) is 9.80 Å². The van der Waals surface area contributed by atoms with Crippen LogP contribution in [0, 0.1) is 0 Å². The van der Waals surface area contributed by atoms with Crippen LogP contribution in [0.4, 0.5) is 4.79 Å². The standard InChI is InChI=1S/C12H24N2O3/c1-12(2,3)17-11(16)13-14(4)9-7-5-6-8-10(9)15/h9-10,15H,5-8H2,1-4H3,(H,13,16)/t9-,10+/m0/s1. The van der Waals surface area contributed by atoms with Gasteiger partial charge in [-0.15, -0.1) is 0 Å². The average molecular weight is 244 g/mol. The van der Waals surface area contributed by atoms with Crippen molar-refractivity contribution < 1.29 is 14.6 Å². The lowest BCUT2D eigenvalue weighted by Crippen LogP contribution is -2.52. The highest BCUT2D eigenvalue weighted by molar-refractivity contribution is 5.67. The lowest BCUT2D eigenvalue weighted by molar-refractivity contribution is -0.00779. The van der Waals surface area contributed by atoms with Crippen molar-refractivity contribution in [2.24, 2.45) is 0 Å². The molecule has 0 bridgehead atoms. The molecule has 1 aliphatic rings. The van der Waals surface area contributed by atoms with Crippen molar-refractivity contribution in [2.45, 2.75) is 64.2 Å². The Bertz CT molecular complexity index is 263. The van der Waals surface area contributed by atoms with Crippen molar-refractivity contribution in [3.8, 4) is 0 Å². The monoisotopic (exact) mass is 244 g/mol. The average Bonchev–Trinajstić information content (AvgIpc) is 2.14. The number of hydrogen-bond donors (Lipinski definition) is 2. The Morgan fingerprint density at radius 1 is 1.35 bits per heavy atom. The SMILES string of the molecule is CN(NC(=O)OC(C)(C)C)[C@H]1CCCC[C@H]1O. The van der Waals surface area contributed by atoms with Crippen LogP contribution in [0.1, 0.15) is 46.5 Å². The number of likely N-dealkylation sites (N-methyl/N-ethyl adjacent to an activating group) is 1. The minimum absolute atomic E-state index is 0.0173. The summed E-state index contributed by atoms with van der Waals surface area (Å²) in [6.45, 7) is 5.46. The van der Waals surface area contributed by atoms with Gasteiger partial charge < -0.3 is 9.84 Å². The first-order valence-electron chi connectivity index (χ1n) is 6.20. The molecule has 1 fully saturated rings. The lowest BCUT2D eigenvalue weighted by Gasteiger charge is -2.35. The number of amides is 1. The molecule has 1 rings (SSSR count). The minimum Gasteiger partial charge on any atom is -0.443 e. The van der Waals surface area contributed by atoms with Crippen molar-refractivity contribution >= 4 is 6.09 Å². The summed E-state index contributed by atoms with van der Waals surface area (Å²) in [6, 6.07) is -0.0173. The second-order valence-electron chi connectivity index (χ2n) is 5.64. The molecule has 0 aromatic heterocycles. The molecule has 0 aromatic rings. The largest absolute Gasteiger partial charge is 0.443 e. The van der Waals surface area contributed by atoms with E-state index in [0.29, 0.717) is 0 Å². The molecule has 0 spiro atoms. The summed E-state index contributed by atoms with van der Waals surface area (Å²) < 4.78 is 5.16. The van der Waals surface area contributed by atoms with Gasteiger partial charge in [0.25, 0.3) is 0 Å². The molecule has 5 heteroatoms. The number of nitrogens with one attached hydrogen (secondary N) is 1. The van der Waals surface area contributed by atoms with Crippen LogP contribution in [0.5, 0.6) is 0 Å². The van der Waals surface area contributed by atoms with Crippen molar-refractivity contribution in [1.29, 1.82) is 0 Å². The molecule has 0 saturated heterocycles. The first-order valence-corrected chi connectivity index (χ1v) is 6.20. The van der Waals surface area contributed by atoms with Crippen LogP contribution in [0.3, 0.4) is 0 Å². The number of hydrazine groups is 1. The highest BCUT2D eigenvalue weighted by atomic mass is 16.6. The highest BCUT2D eigenvalue weighted by Gasteiger charge is 2.28. The van der Waals surface area contributed by atoms with Gasteiger partial charge in [-0.3, -0.25) is 5.43 Å². The van der Waals surface area contributed by atoms with E-state index in [-0.39, 0.29) is 12.1 Å². The van der Waals surface area contributed by atoms with Gasteiger partial charge in [0.2, 0.25) is 0 Å². The Labute approximate surface area is 103 Å². The summed E-state index contributed by atoms with van der Waals surface area (Å²) in [6.07, 6.45) is 2.99. The molecular weight excluding hydrogens is 220 g/mol. The molecule has 5 nitrogen and oxygen atoms in total. The molecule has 0 aliphatic heterocycles. The smallest absolute Gasteiger partial charge is 0.422 e. The van der Waals surface area contributed by atoms with Crippen LogP contribution in [-0.4, -0.2) is 41.0 Å². The third kappa shape index (κ3) is 4.91. The minimum atomic E-state index is -0.504. The summed E-state index contributed by atoms with van der Waals surface area (Å²) in [4.78, 5) is 11.6. The van der Waals surface area contributed by atoms with Gasteiger partial charge in [0.05, 0.1) is 12.1 Å². The van der Waals surface area contributed by atoms with E-state index in [1.165, 1.54) is 0 Å². The zero-order chi connectivity index (χ0) is 13.1. The van der Waals surface area contributed by atoms with Crippen molar-refractivity contribution in [3.05, 3.63) is 0 Å². The Morgan fingerprint density at radius 2 is 1.94 bits per heavy atom. The van der Waals surface area contributed by atoms with E-state index in [1.807, 2.05) is 20.8 Å². The molecule has 2 atom stereocenters. The fourth-order valence-corrected chi connectivity index (χ4v) is 2.07. The predicted molar refractivity (Wildman–Crippen MR) is 65.4 cm³/mol. The zero-order valence-electron chi connectivity index (χ0n) is 11.2. The van der Waals surface area contributed by atoms with Gasteiger partial charge >= 0.3 is 6.09 Å². The number of ether oxygens (including phenoxy) is 1. The van der Waals surface area contributed by atoms with Crippen LogP contribution in [0.2, 0.25) is 0 Å². The number of carbonyl (C=O) groups excluding carboxylic acids is 1. The molecule has 1 amide bonds. The van der Waals surface area contributed by atoms with Crippen molar-refractivity contribution in [2.75, 3.05) is 7.05 Å². The molecule has 1 aliphatic carbocycles. The van der Waals surface area contributed by atoms with Crippen LogP contribution in [0.15, 0.2) is 0 Å². The molecule has 0 heterocycles. The third-order valence-corrected chi connectivity index (χ3v) is 2.86. The van der Waals surface area contributed by atoms with E-state index >= 15 is 0 Å². The second-order valence-corrected chi connectivity index (χ2v) is 5.64. The number of carbonyl (C=O) groups is 1. The number of aliphatic hydroxyl groups is 1. The molecule has 0 aromatic carbocycles. The Balaban J connectivity index is 2.42. The topological polar surface area (TPSA) is 61.8 Å². The van der Waals surface area contributed by atoms with E-state index < -0.39 is 11.7 Å². The van der Waals surface area contributed by atoms with E-state index in [4.69, 9.17) is 4.74 Å². The molecule has 2 N–H and O–H groups in total. The van der Waals surface area contributed by atoms with E-state index in [2.05, 4.69) is 5.43 Å². The molecule has 0 radical (unpaired) electrons. The molecule has 1 saturated carbocycles. The van der Waals surface area contributed by atoms with Crippen molar-refractivity contribution in [1.82, 2.24) is 10.4 Å². The molecule has 17 heavy (non-hydrogen) atoms. The van der Waals surface area contributed by atoms with Gasteiger partial charge in [0.15, 0.2) is 0 Å². The first kappa shape index (κ1) is 14.3. The van der Waals surface area contributed by atoms with Gasteiger partial charge in [0.1, 0.15) is 5.60 Å². The summed E-state index contributed by atoms with van der Waals surface area (Å²) in [5, 5.41) is 11.5. The molecule has 100 valence electrons. The van der Waals surface area contributed by atoms with Gasteiger partial charge in [-0.1, -0.05) is 12.8 Å². The molecular formula is C12H24N2O3. The quantitative estimate of drug-likeness (QED) is 0.725. The van der Waals surface area contributed by atoms with Gasteiger partial charge in [-0.05, 0) is 33.6 Å². The van der Waals surface area contributed by atoms with E-state index in [0.717, 1.165) is 25.7 Å². The maximum atomic E-state index is 11.6. The van der Waals surface area contributed by atoms with Crippen LogP contribution < -0.4 is 5.43 Å². The molecule has 0 unspecified atom stereocenters. The Kier molecular flexibility index (Phi) is 4.77. The number of aliphatic hydroxyl groups excluding tert-OH is 1. The fraction of sp³-hybridized carbons (Fsp3) is 0.917. The number of rotatable bonds is 2. The summed E-state index contributed by atoms with van der Waals surface area (Å²) >= 11 is 0.